The van der Waals surface area contributed by atoms with Gasteiger partial charge in [0.15, 0.2) is 0 Å². The molecule has 0 saturated heterocycles. The molecule has 3 heterocycles. The quantitative estimate of drug-likeness (QED) is 0.607. The number of aryl methyl sites for hydroxylation is 2. The van der Waals surface area contributed by atoms with E-state index in [9.17, 15) is 4.79 Å². The van der Waals surface area contributed by atoms with E-state index in [1.165, 1.54) is 4.68 Å². The van der Waals surface area contributed by atoms with Gasteiger partial charge in [-0.15, -0.1) is 16.4 Å². The molecule has 8 nitrogen and oxygen atoms in total. The second kappa shape index (κ2) is 8.20. The zero-order valence-electron chi connectivity index (χ0n) is 16.6. The molecule has 3 aromatic rings. The summed E-state index contributed by atoms with van der Waals surface area (Å²) in [6.07, 6.45) is 4.59. The third-order valence-corrected chi connectivity index (χ3v) is 5.80. The fourth-order valence-corrected chi connectivity index (χ4v) is 3.88. The van der Waals surface area contributed by atoms with Gasteiger partial charge in [0, 0.05) is 41.7 Å². The lowest BCUT2D eigenvalue weighted by molar-refractivity contribution is 0.278. The summed E-state index contributed by atoms with van der Waals surface area (Å²) in [5, 5.41) is 8.28. The molecule has 152 valence electrons. The Kier molecular flexibility index (Phi) is 5.48. The largest absolute Gasteiger partial charge is 0.495 e. The number of aromatic nitrogens is 4. The van der Waals surface area contributed by atoms with E-state index in [1.54, 1.807) is 37.8 Å². The summed E-state index contributed by atoms with van der Waals surface area (Å²) in [5.41, 5.74) is 1.31. The molecule has 4 rings (SSSR count). The molecule has 0 unspecified atom stereocenters. The van der Waals surface area contributed by atoms with Crippen LogP contribution in [0.3, 0.4) is 0 Å². The first-order chi connectivity index (χ1) is 14.0. The van der Waals surface area contributed by atoms with Crippen LogP contribution < -0.4 is 20.3 Å². The first-order valence-corrected chi connectivity index (χ1v) is 10.2. The van der Waals surface area contributed by atoms with Crippen molar-refractivity contribution in [2.45, 2.75) is 25.8 Å². The Labute approximate surface area is 172 Å². The van der Waals surface area contributed by atoms with E-state index in [-0.39, 0.29) is 5.56 Å². The smallest absolute Gasteiger partial charge is 0.290 e. The highest BCUT2D eigenvalue weighted by molar-refractivity contribution is 7.11. The Bertz CT molecular complexity index is 1050. The normalized spacial score (nSPS) is 17.8. The topological polar surface area (TPSA) is 91.2 Å². The molecule has 3 aromatic heterocycles. The van der Waals surface area contributed by atoms with Crippen LogP contribution >= 0.6 is 11.3 Å². The molecule has 1 N–H and O–H groups in total. The van der Waals surface area contributed by atoms with E-state index in [0.29, 0.717) is 36.6 Å². The summed E-state index contributed by atoms with van der Waals surface area (Å²) < 4.78 is 12.3. The molecule has 1 aliphatic carbocycles. The Balaban J connectivity index is 1.36. The Morgan fingerprint density at radius 2 is 2.17 bits per heavy atom. The van der Waals surface area contributed by atoms with E-state index < -0.39 is 0 Å². The first-order valence-electron chi connectivity index (χ1n) is 9.39. The molecule has 0 radical (unpaired) electrons. The van der Waals surface area contributed by atoms with Crippen LogP contribution in [-0.2, 0) is 13.6 Å². The predicted molar refractivity (Wildman–Crippen MR) is 111 cm³/mol. The van der Waals surface area contributed by atoms with Crippen LogP contribution in [0.4, 0.5) is 5.69 Å². The predicted octanol–water partition coefficient (Wildman–Crippen LogP) is 2.74. The summed E-state index contributed by atoms with van der Waals surface area (Å²) in [6, 6.07) is 5.58. The highest BCUT2D eigenvalue weighted by atomic mass is 32.1. The maximum absolute atomic E-state index is 12.3. The molecule has 9 heteroatoms. The molecule has 0 aromatic carbocycles. The Morgan fingerprint density at radius 3 is 2.86 bits per heavy atom. The number of ether oxygens (including phenoxy) is 2. The highest BCUT2D eigenvalue weighted by Crippen LogP contribution is 2.46. The van der Waals surface area contributed by atoms with Crippen LogP contribution in [0.2, 0.25) is 0 Å². The molecule has 29 heavy (non-hydrogen) atoms. The third kappa shape index (κ3) is 4.56. The number of pyridine rings is 1. The number of rotatable bonds is 8. The van der Waals surface area contributed by atoms with Crippen molar-refractivity contribution in [2.75, 3.05) is 19.0 Å². The third-order valence-electron chi connectivity index (χ3n) is 4.88. The van der Waals surface area contributed by atoms with E-state index in [0.717, 1.165) is 27.7 Å². The monoisotopic (exact) mass is 413 g/mol. The molecule has 2 atom stereocenters. The summed E-state index contributed by atoms with van der Waals surface area (Å²) in [6.45, 7) is 3.03. The molecule has 1 aliphatic rings. The SMILES string of the molecule is COc1ccc([C@H]2C[C@@H]2COc2cc(NCc3ncc(C)s3)c(=O)n(C)n2)nc1. The molecule has 1 fully saturated rings. The zero-order valence-corrected chi connectivity index (χ0v) is 17.4. The van der Waals surface area contributed by atoms with Gasteiger partial charge in [-0.25, -0.2) is 9.67 Å². The zero-order chi connectivity index (χ0) is 20.4. The van der Waals surface area contributed by atoms with Crippen molar-refractivity contribution in [1.29, 1.82) is 0 Å². The molecule has 0 spiro atoms. The maximum Gasteiger partial charge on any atom is 0.290 e. The van der Waals surface area contributed by atoms with Crippen molar-refractivity contribution in [3.8, 4) is 11.6 Å². The highest BCUT2D eigenvalue weighted by Gasteiger charge is 2.40. The lowest BCUT2D eigenvalue weighted by Gasteiger charge is -2.10. The van der Waals surface area contributed by atoms with Crippen LogP contribution in [0.1, 0.15) is 27.9 Å². The van der Waals surface area contributed by atoms with Gasteiger partial charge in [0.05, 0.1) is 26.5 Å². The van der Waals surface area contributed by atoms with E-state index in [1.807, 2.05) is 25.3 Å². The van der Waals surface area contributed by atoms with E-state index in [2.05, 4.69) is 20.4 Å². The van der Waals surface area contributed by atoms with Crippen LogP contribution in [-0.4, -0.2) is 33.5 Å². The van der Waals surface area contributed by atoms with Gasteiger partial charge >= 0.3 is 0 Å². The van der Waals surface area contributed by atoms with Gasteiger partial charge in [-0.1, -0.05) is 0 Å². The van der Waals surface area contributed by atoms with Gasteiger partial charge in [0.2, 0.25) is 5.88 Å². The second-order valence-electron chi connectivity index (χ2n) is 7.08. The van der Waals surface area contributed by atoms with E-state index >= 15 is 0 Å². The average Bonchev–Trinajstić information content (AvgIpc) is 3.39. The lowest BCUT2D eigenvalue weighted by Crippen LogP contribution is -2.24. The van der Waals surface area contributed by atoms with Gasteiger partial charge in [-0.2, -0.15) is 0 Å². The summed E-state index contributed by atoms with van der Waals surface area (Å²) >= 11 is 1.60. The Morgan fingerprint density at radius 1 is 1.31 bits per heavy atom. The number of nitrogens with zero attached hydrogens (tertiary/aromatic N) is 4. The van der Waals surface area contributed by atoms with E-state index in [4.69, 9.17) is 9.47 Å². The number of hydrogen-bond donors (Lipinski definition) is 1. The second-order valence-corrected chi connectivity index (χ2v) is 8.40. The maximum atomic E-state index is 12.3. The molecule has 0 bridgehead atoms. The summed E-state index contributed by atoms with van der Waals surface area (Å²) in [5.74, 6) is 1.96. The fourth-order valence-electron chi connectivity index (χ4n) is 3.15. The van der Waals surface area contributed by atoms with Crippen molar-refractivity contribution in [1.82, 2.24) is 19.7 Å². The Hall–Kier alpha value is -2.94. The fraction of sp³-hybridized carbons (Fsp3) is 0.400. The average molecular weight is 414 g/mol. The standard InChI is InChI=1S/C20H23N5O3S/c1-12-8-23-19(29-12)10-22-17-7-18(24-25(2)20(17)26)28-11-13-6-15(13)16-5-4-14(27-3)9-21-16/h4-5,7-9,13,15,22H,6,10-11H2,1-3H3/t13-,15+/m1/s1. The number of thiazole rings is 1. The molecule has 1 saturated carbocycles. The first kappa shape index (κ1) is 19.4. The summed E-state index contributed by atoms with van der Waals surface area (Å²) in [7, 11) is 3.25. The van der Waals surface area contributed by atoms with Gasteiger partial charge < -0.3 is 14.8 Å². The van der Waals surface area contributed by atoms with Crippen LogP contribution in [0.5, 0.6) is 11.6 Å². The molecular weight excluding hydrogens is 390 g/mol. The van der Waals surface area contributed by atoms with Crippen molar-refractivity contribution in [3.05, 3.63) is 56.5 Å². The summed E-state index contributed by atoms with van der Waals surface area (Å²) in [4.78, 5) is 22.2. The number of nitrogens with one attached hydrogen (secondary N) is 1. The minimum absolute atomic E-state index is 0.197. The van der Waals surface area contributed by atoms with Gasteiger partial charge in [-0.05, 0) is 25.5 Å². The van der Waals surface area contributed by atoms with Crippen molar-refractivity contribution < 1.29 is 9.47 Å². The van der Waals surface area contributed by atoms with Crippen LogP contribution in [0.25, 0.3) is 0 Å². The van der Waals surface area contributed by atoms with Gasteiger partial charge in [0.25, 0.3) is 5.56 Å². The molecular formula is C20H23N5O3S. The number of hydrogen-bond acceptors (Lipinski definition) is 8. The van der Waals surface area contributed by atoms with Gasteiger partial charge in [0.1, 0.15) is 16.4 Å². The lowest BCUT2D eigenvalue weighted by atomic mass is 10.2. The van der Waals surface area contributed by atoms with Gasteiger partial charge in [-0.3, -0.25) is 9.78 Å². The molecule has 0 amide bonds. The molecule has 0 aliphatic heterocycles. The minimum atomic E-state index is -0.197. The minimum Gasteiger partial charge on any atom is -0.495 e. The van der Waals surface area contributed by atoms with Crippen LogP contribution in [0.15, 0.2) is 35.4 Å². The number of anilines is 1. The van der Waals surface area contributed by atoms with Crippen LogP contribution in [0, 0.1) is 12.8 Å². The number of methoxy groups -OCH3 is 1. The van der Waals surface area contributed by atoms with Crippen molar-refractivity contribution >= 4 is 17.0 Å². The van der Waals surface area contributed by atoms with Crippen molar-refractivity contribution in [2.24, 2.45) is 13.0 Å². The van der Waals surface area contributed by atoms with Crippen molar-refractivity contribution in [3.63, 3.8) is 0 Å².